The van der Waals surface area contributed by atoms with Crippen LogP contribution in [-0.4, -0.2) is 11.7 Å². The number of carbonyl (C=O) groups excluding carboxylic acids is 2. The summed E-state index contributed by atoms with van der Waals surface area (Å²) in [6.45, 7) is 5.08. The van der Waals surface area contributed by atoms with Crippen LogP contribution >= 0.6 is 0 Å². The summed E-state index contributed by atoms with van der Waals surface area (Å²) >= 11 is 0. The van der Waals surface area contributed by atoms with Crippen molar-refractivity contribution in [3.63, 3.8) is 0 Å². The van der Waals surface area contributed by atoms with Crippen molar-refractivity contribution < 1.29 is 11.0 Å². The molecule has 0 aromatic heterocycles. The minimum Gasteiger partial charge on any atom is -0.667 e. The van der Waals surface area contributed by atoms with E-state index in [-0.39, 0.29) is 17.6 Å². The Balaban J connectivity index is 2.76. The molecule has 0 aliphatic heterocycles. The Labute approximate surface area is 67.4 Å². The van der Waals surface area contributed by atoms with Gasteiger partial charge in [0.1, 0.15) is 5.78 Å². The minimum absolute atomic E-state index is 0.0111. The van der Waals surface area contributed by atoms with E-state index in [0.717, 1.165) is 0 Å². The number of nitrogens with one attached hydrogen (secondary N) is 1. The van der Waals surface area contributed by atoms with Crippen molar-refractivity contribution in [2.24, 2.45) is 17.3 Å². The maximum absolute atomic E-state index is 11.1. The molecule has 1 saturated carbocycles. The molecule has 62 valence electrons. The first kappa shape index (κ1) is 6.83. The van der Waals surface area contributed by atoms with Gasteiger partial charge in [0.2, 0.25) is 0 Å². The Morgan fingerprint density at radius 2 is 2.18 bits per heavy atom. The first-order valence-electron chi connectivity index (χ1n) is 4.11. The number of rotatable bonds is 2. The van der Waals surface area contributed by atoms with Gasteiger partial charge in [0.15, 0.2) is 0 Å². The third-order valence-electron chi connectivity index (χ3n) is 3.01. The minimum atomic E-state index is -0.554. The molecule has 1 aliphatic rings. The molecule has 0 heterocycles. The Kier molecular flexibility index (Phi) is 1.28. The van der Waals surface area contributed by atoms with Crippen LogP contribution in [0.25, 0.3) is 5.73 Å². The molecular weight excluding hydrogens is 142 g/mol. The normalized spacial score (nSPS) is 42.6. The molecule has 3 nitrogen and oxygen atoms in total. The van der Waals surface area contributed by atoms with Crippen LogP contribution in [0.2, 0.25) is 1.41 Å². The average molecular weight is 155 g/mol. The van der Waals surface area contributed by atoms with E-state index in [4.69, 9.17) is 1.41 Å². The summed E-state index contributed by atoms with van der Waals surface area (Å²) in [5, 5.41) is 0. The SMILES string of the molecule is [2H][N-]C(=O)[C@H]1C(C)[C@@]1(C)C(C)=O. The highest BCUT2D eigenvalue weighted by atomic mass is 16.2. The Bertz CT molecular complexity index is 241. The van der Waals surface area contributed by atoms with Crippen LogP contribution in [0, 0.1) is 17.3 Å². The fourth-order valence-electron chi connectivity index (χ4n) is 1.74. The second kappa shape index (κ2) is 2.06. The van der Waals surface area contributed by atoms with E-state index in [2.05, 4.69) is 5.73 Å². The van der Waals surface area contributed by atoms with Crippen LogP contribution < -0.4 is 0 Å². The molecule has 0 saturated heterocycles. The van der Waals surface area contributed by atoms with Gasteiger partial charge in [-0.3, -0.25) is 4.79 Å². The van der Waals surface area contributed by atoms with Crippen molar-refractivity contribution in [1.29, 1.82) is 0 Å². The highest BCUT2D eigenvalue weighted by Gasteiger charge is 2.62. The zero-order valence-electron chi connectivity index (χ0n) is 7.92. The number of carbonyl (C=O) groups is 2. The van der Waals surface area contributed by atoms with E-state index in [1.54, 1.807) is 6.92 Å². The lowest BCUT2D eigenvalue weighted by Crippen LogP contribution is -2.13. The quantitative estimate of drug-likeness (QED) is 0.605. The van der Waals surface area contributed by atoms with Crippen molar-refractivity contribution in [2.75, 3.05) is 0 Å². The zero-order chi connectivity index (χ0) is 9.52. The molecule has 3 heteroatoms. The molecule has 1 fully saturated rings. The van der Waals surface area contributed by atoms with E-state index in [9.17, 15) is 9.59 Å². The fourth-order valence-corrected chi connectivity index (χ4v) is 1.74. The van der Waals surface area contributed by atoms with Crippen LogP contribution in [0.4, 0.5) is 0 Å². The van der Waals surface area contributed by atoms with Crippen molar-refractivity contribution >= 4 is 11.7 Å². The lowest BCUT2D eigenvalue weighted by molar-refractivity contribution is -0.125. The zero-order valence-corrected chi connectivity index (χ0v) is 6.92. The third-order valence-corrected chi connectivity index (χ3v) is 3.01. The molecule has 11 heavy (non-hydrogen) atoms. The number of Topliss-reactive ketones (excluding diaryl/α,β-unsaturated/α-hetero) is 1. The molecule has 0 bridgehead atoms. The number of amides is 1. The van der Waals surface area contributed by atoms with E-state index in [0.29, 0.717) is 0 Å². The van der Waals surface area contributed by atoms with Gasteiger partial charge in [0.05, 0.1) is 5.91 Å². The molecule has 0 aromatic carbocycles. The van der Waals surface area contributed by atoms with E-state index in [1.165, 1.54) is 6.92 Å². The standard InChI is InChI=1S/C8H13NO2/c1-4-6(7(9)11)8(4,3)5(2)10/h4,6H,1-3H3,(H2,9,11)/p-1/t4?,6-,8+/m1/s1/i/hD. The summed E-state index contributed by atoms with van der Waals surface area (Å²) in [6, 6.07) is 0. The predicted molar refractivity (Wildman–Crippen MR) is 40.8 cm³/mol. The number of hydrogen-bond acceptors (Lipinski definition) is 2. The molecule has 0 aromatic rings. The molecule has 1 unspecified atom stereocenters. The highest BCUT2D eigenvalue weighted by molar-refractivity contribution is 5.99. The van der Waals surface area contributed by atoms with Gasteiger partial charge in [0.25, 0.3) is 0 Å². The highest BCUT2D eigenvalue weighted by Crippen LogP contribution is 2.59. The Morgan fingerprint density at radius 1 is 1.64 bits per heavy atom. The van der Waals surface area contributed by atoms with Crippen LogP contribution in [0.3, 0.4) is 0 Å². The van der Waals surface area contributed by atoms with Crippen molar-refractivity contribution in [1.82, 2.24) is 0 Å². The predicted octanol–water partition coefficient (Wildman–Crippen LogP) is 1.43. The lowest BCUT2D eigenvalue weighted by Gasteiger charge is -2.05. The van der Waals surface area contributed by atoms with Crippen LogP contribution in [0.5, 0.6) is 0 Å². The van der Waals surface area contributed by atoms with Gasteiger partial charge in [-0.1, -0.05) is 13.8 Å². The summed E-state index contributed by atoms with van der Waals surface area (Å²) in [5.41, 5.74) is 2.28. The maximum atomic E-state index is 11.1. The Morgan fingerprint density at radius 3 is 2.45 bits per heavy atom. The van der Waals surface area contributed by atoms with E-state index >= 15 is 0 Å². The van der Waals surface area contributed by atoms with E-state index in [1.807, 2.05) is 6.92 Å². The number of hydrogen-bond donors (Lipinski definition) is 0. The summed E-state index contributed by atoms with van der Waals surface area (Å²) in [5.74, 6) is -0.777. The molecule has 0 radical (unpaired) electrons. The van der Waals surface area contributed by atoms with Gasteiger partial charge in [-0.15, -0.1) is 1.41 Å². The van der Waals surface area contributed by atoms with Gasteiger partial charge < -0.3 is 10.5 Å². The monoisotopic (exact) mass is 155 g/mol. The van der Waals surface area contributed by atoms with Crippen LogP contribution in [0.1, 0.15) is 20.8 Å². The van der Waals surface area contributed by atoms with Crippen molar-refractivity contribution in [2.45, 2.75) is 20.8 Å². The topological polar surface area (TPSA) is 57.9 Å². The van der Waals surface area contributed by atoms with Crippen molar-refractivity contribution in [3.05, 3.63) is 5.73 Å². The lowest BCUT2D eigenvalue weighted by atomic mass is 10.0. The summed E-state index contributed by atoms with van der Waals surface area (Å²) in [4.78, 5) is 22.1. The van der Waals surface area contributed by atoms with Gasteiger partial charge in [-0.2, -0.15) is 0 Å². The molecule has 1 aliphatic carbocycles. The average Bonchev–Trinajstić information content (AvgIpc) is 2.56. The first-order valence-corrected chi connectivity index (χ1v) is 3.66. The summed E-state index contributed by atoms with van der Waals surface area (Å²) in [6.07, 6.45) is 0. The fraction of sp³-hybridized carbons (Fsp3) is 0.750. The van der Waals surface area contributed by atoms with E-state index < -0.39 is 11.3 Å². The molecular formula is C8H12NO2-. The van der Waals surface area contributed by atoms with Crippen LogP contribution in [0.15, 0.2) is 0 Å². The van der Waals surface area contributed by atoms with Gasteiger partial charge in [-0.05, 0) is 12.8 Å². The van der Waals surface area contributed by atoms with Gasteiger partial charge >= 0.3 is 0 Å². The van der Waals surface area contributed by atoms with Gasteiger partial charge in [-0.25, -0.2) is 0 Å². The smallest absolute Gasteiger partial charge is 0.136 e. The molecule has 1 amide bonds. The maximum Gasteiger partial charge on any atom is 0.136 e. The van der Waals surface area contributed by atoms with Crippen molar-refractivity contribution in [3.8, 4) is 0 Å². The molecule has 1 N–H and O–H groups in total. The first-order chi connectivity index (χ1) is 5.46. The summed E-state index contributed by atoms with van der Waals surface area (Å²) < 4.78 is 6.55. The Hall–Kier alpha value is -0.860. The summed E-state index contributed by atoms with van der Waals surface area (Å²) in [7, 11) is 0. The second-order valence-electron chi connectivity index (χ2n) is 3.44. The van der Waals surface area contributed by atoms with Gasteiger partial charge in [0, 0.05) is 11.3 Å². The number of ketones is 1. The molecule has 1 rings (SSSR count). The molecule has 3 atom stereocenters. The second-order valence-corrected chi connectivity index (χ2v) is 3.44. The molecule has 0 spiro atoms. The van der Waals surface area contributed by atoms with Crippen LogP contribution in [-0.2, 0) is 9.59 Å². The third kappa shape index (κ3) is 0.870. The largest absolute Gasteiger partial charge is 0.667 e.